The van der Waals surface area contributed by atoms with Crippen molar-refractivity contribution in [3.8, 4) is 22.6 Å². The fourth-order valence-corrected chi connectivity index (χ4v) is 5.00. The van der Waals surface area contributed by atoms with Crippen molar-refractivity contribution in [1.82, 2.24) is 0 Å². The molecule has 0 radical (unpaired) electrons. The second kappa shape index (κ2) is 10.1. The van der Waals surface area contributed by atoms with E-state index in [0.717, 1.165) is 22.4 Å². The first-order valence-corrected chi connectivity index (χ1v) is 12.2. The number of rotatable bonds is 7. The Labute approximate surface area is 214 Å². The average molecular weight is 500 g/mol. The number of carbonyl (C=O) groups excluding carboxylic acids is 1. The van der Waals surface area contributed by atoms with E-state index in [-0.39, 0.29) is 29.4 Å². The van der Waals surface area contributed by atoms with Gasteiger partial charge >= 0.3 is 0 Å². The van der Waals surface area contributed by atoms with Crippen LogP contribution in [-0.4, -0.2) is 21.2 Å². The van der Waals surface area contributed by atoms with Gasteiger partial charge in [0.1, 0.15) is 11.5 Å². The highest BCUT2D eigenvalue weighted by Gasteiger charge is 2.49. The van der Waals surface area contributed by atoms with Gasteiger partial charge in [-0.3, -0.25) is 4.79 Å². The summed E-state index contributed by atoms with van der Waals surface area (Å²) in [5.41, 5.74) is 3.85. The molecule has 0 aromatic heterocycles. The molecule has 4 aromatic carbocycles. The lowest BCUT2D eigenvalue weighted by Gasteiger charge is -2.48. The fraction of sp³-hybridized carbons (Fsp3) is 0.167. The quantitative estimate of drug-likeness (QED) is 0.249. The number of carbonyl (C=O) groups is 1. The monoisotopic (exact) mass is 499 g/mol. The van der Waals surface area contributed by atoms with Crippen molar-refractivity contribution in [1.29, 1.82) is 0 Å². The number of aromatic hydroxyl groups is 2. The van der Waals surface area contributed by atoms with Crippen LogP contribution in [-0.2, 0) is 4.79 Å². The molecule has 1 fully saturated rings. The fourth-order valence-electron chi connectivity index (χ4n) is 4.88. The number of aliphatic hydroxyl groups excluding tert-OH is 1. The maximum absolute atomic E-state index is 13.3. The number of phenolic OH excluding ortho intramolecular Hbond substituents is 2. The molecule has 6 heteroatoms. The summed E-state index contributed by atoms with van der Waals surface area (Å²) in [6.45, 7) is 0. The zero-order valence-electron chi connectivity index (χ0n) is 19.5. The standard InChI is InChI=1S/C30H26ClNO4/c31-22-11-6-20(7-12-22)27(34)17-16-26-29(32(30(26)36)23-4-2-1-3-5-23)25-15-10-21(18-28(25)35)19-8-13-24(33)14-9-19/h1-15,18,26-27,29,33-35H,16-17H2/t26-,27+,29-/m1/s1. The smallest absolute Gasteiger partial charge is 0.233 e. The summed E-state index contributed by atoms with van der Waals surface area (Å²) in [6, 6.07) is 28.3. The zero-order valence-corrected chi connectivity index (χ0v) is 20.2. The van der Waals surface area contributed by atoms with Crippen molar-refractivity contribution in [3.63, 3.8) is 0 Å². The lowest BCUT2D eigenvalue weighted by molar-refractivity contribution is -0.131. The second-order valence-electron chi connectivity index (χ2n) is 9.06. The zero-order chi connectivity index (χ0) is 25.2. The SMILES string of the molecule is O=C1[C@H](CC[C@H](O)c2ccc(Cl)cc2)[C@@H](c2ccc(-c3ccc(O)cc3)cc2O)N1c1ccccc1. The summed E-state index contributed by atoms with van der Waals surface area (Å²) in [5.74, 6) is -0.133. The molecule has 0 aliphatic carbocycles. The number of β-lactam (4-membered cyclic amide) rings is 1. The predicted octanol–water partition coefficient (Wildman–Crippen LogP) is 6.64. The third-order valence-corrected chi connectivity index (χ3v) is 7.06. The van der Waals surface area contributed by atoms with Crippen LogP contribution < -0.4 is 4.90 Å². The molecular formula is C30H26ClNO4. The van der Waals surface area contributed by atoms with Gasteiger partial charge in [-0.05, 0) is 72.0 Å². The van der Waals surface area contributed by atoms with E-state index in [2.05, 4.69) is 0 Å². The molecule has 5 rings (SSSR count). The molecule has 1 saturated heterocycles. The van der Waals surface area contributed by atoms with Gasteiger partial charge in [-0.1, -0.05) is 66.2 Å². The molecule has 5 nitrogen and oxygen atoms in total. The van der Waals surface area contributed by atoms with E-state index in [4.69, 9.17) is 11.6 Å². The van der Waals surface area contributed by atoms with Crippen molar-refractivity contribution in [2.24, 2.45) is 5.92 Å². The molecule has 4 aromatic rings. The third kappa shape index (κ3) is 4.68. The number of aliphatic hydroxyl groups is 1. The molecule has 3 atom stereocenters. The van der Waals surface area contributed by atoms with Gasteiger partial charge in [0, 0.05) is 16.3 Å². The number of hydrogen-bond donors (Lipinski definition) is 3. The topological polar surface area (TPSA) is 81.0 Å². The first kappa shape index (κ1) is 23.9. The van der Waals surface area contributed by atoms with Crippen molar-refractivity contribution < 1.29 is 20.1 Å². The van der Waals surface area contributed by atoms with Crippen LogP contribution in [0.5, 0.6) is 11.5 Å². The Bertz CT molecular complexity index is 1360. The van der Waals surface area contributed by atoms with Gasteiger partial charge in [-0.15, -0.1) is 0 Å². The number of phenols is 2. The molecule has 1 heterocycles. The molecule has 3 N–H and O–H groups in total. The van der Waals surface area contributed by atoms with Crippen LogP contribution in [0.2, 0.25) is 5.02 Å². The number of hydrogen-bond acceptors (Lipinski definition) is 4. The Morgan fingerprint density at radius 1 is 0.833 bits per heavy atom. The summed E-state index contributed by atoms with van der Waals surface area (Å²) in [5, 5.41) is 31.9. The highest BCUT2D eigenvalue weighted by molar-refractivity contribution is 6.30. The maximum atomic E-state index is 13.3. The summed E-state index contributed by atoms with van der Waals surface area (Å²) in [7, 11) is 0. The number of anilines is 1. The Kier molecular flexibility index (Phi) is 6.68. The van der Waals surface area contributed by atoms with E-state index in [1.807, 2.05) is 42.5 Å². The summed E-state index contributed by atoms with van der Waals surface area (Å²) in [4.78, 5) is 15.0. The average Bonchev–Trinajstić information content (AvgIpc) is 2.89. The van der Waals surface area contributed by atoms with Crippen LogP contribution in [0.25, 0.3) is 11.1 Å². The lowest BCUT2D eigenvalue weighted by Crippen LogP contribution is -2.55. The molecule has 1 aliphatic rings. The van der Waals surface area contributed by atoms with Gasteiger partial charge in [0.25, 0.3) is 0 Å². The highest BCUT2D eigenvalue weighted by Crippen LogP contribution is 2.49. The van der Waals surface area contributed by atoms with E-state index in [1.54, 1.807) is 59.5 Å². The molecule has 182 valence electrons. The minimum atomic E-state index is -0.716. The first-order valence-electron chi connectivity index (χ1n) is 11.9. The largest absolute Gasteiger partial charge is 0.508 e. The number of nitrogens with zero attached hydrogens (tertiary/aromatic N) is 1. The lowest BCUT2D eigenvalue weighted by atomic mass is 9.77. The Balaban J connectivity index is 1.42. The molecule has 0 saturated carbocycles. The van der Waals surface area contributed by atoms with Gasteiger partial charge in [-0.25, -0.2) is 0 Å². The Hall–Kier alpha value is -3.80. The van der Waals surface area contributed by atoms with E-state index in [0.29, 0.717) is 23.4 Å². The van der Waals surface area contributed by atoms with Crippen molar-refractivity contribution in [2.75, 3.05) is 4.90 Å². The summed E-state index contributed by atoms with van der Waals surface area (Å²) < 4.78 is 0. The van der Waals surface area contributed by atoms with Crippen LogP contribution in [0.3, 0.4) is 0 Å². The maximum Gasteiger partial charge on any atom is 0.233 e. The Morgan fingerprint density at radius 2 is 1.50 bits per heavy atom. The van der Waals surface area contributed by atoms with Crippen LogP contribution in [0.15, 0.2) is 97.1 Å². The number of para-hydroxylation sites is 1. The molecular weight excluding hydrogens is 474 g/mol. The minimum Gasteiger partial charge on any atom is -0.508 e. The van der Waals surface area contributed by atoms with Crippen molar-refractivity contribution in [2.45, 2.75) is 25.0 Å². The van der Waals surface area contributed by atoms with Gasteiger partial charge in [0.05, 0.1) is 18.1 Å². The Morgan fingerprint density at radius 3 is 2.17 bits per heavy atom. The van der Waals surface area contributed by atoms with Gasteiger partial charge < -0.3 is 20.2 Å². The predicted molar refractivity (Wildman–Crippen MR) is 141 cm³/mol. The normalized spacial score (nSPS) is 18.1. The van der Waals surface area contributed by atoms with Gasteiger partial charge in [0.15, 0.2) is 0 Å². The van der Waals surface area contributed by atoms with E-state index < -0.39 is 6.10 Å². The van der Waals surface area contributed by atoms with Crippen LogP contribution >= 0.6 is 11.6 Å². The van der Waals surface area contributed by atoms with E-state index in [9.17, 15) is 20.1 Å². The van der Waals surface area contributed by atoms with Gasteiger partial charge in [0.2, 0.25) is 5.91 Å². The second-order valence-corrected chi connectivity index (χ2v) is 9.50. The van der Waals surface area contributed by atoms with Crippen molar-refractivity contribution >= 4 is 23.2 Å². The molecule has 0 unspecified atom stereocenters. The minimum absolute atomic E-state index is 0.0310. The number of halogens is 1. The summed E-state index contributed by atoms with van der Waals surface area (Å²) in [6.07, 6.45) is 0.159. The first-order chi connectivity index (χ1) is 17.4. The summed E-state index contributed by atoms with van der Waals surface area (Å²) >= 11 is 5.96. The third-order valence-electron chi connectivity index (χ3n) is 6.80. The molecule has 0 bridgehead atoms. The van der Waals surface area contributed by atoms with Crippen LogP contribution in [0.4, 0.5) is 5.69 Å². The van der Waals surface area contributed by atoms with Crippen LogP contribution in [0.1, 0.15) is 36.1 Å². The number of benzene rings is 4. The molecule has 1 aliphatic heterocycles. The van der Waals surface area contributed by atoms with E-state index >= 15 is 0 Å². The molecule has 0 spiro atoms. The van der Waals surface area contributed by atoms with E-state index in [1.165, 1.54) is 0 Å². The van der Waals surface area contributed by atoms with Crippen molar-refractivity contribution in [3.05, 3.63) is 113 Å². The number of amides is 1. The molecule has 1 amide bonds. The highest BCUT2D eigenvalue weighted by atomic mass is 35.5. The molecule has 36 heavy (non-hydrogen) atoms. The van der Waals surface area contributed by atoms with Gasteiger partial charge in [-0.2, -0.15) is 0 Å². The van der Waals surface area contributed by atoms with Crippen LogP contribution in [0, 0.1) is 5.92 Å².